The van der Waals surface area contributed by atoms with E-state index in [1.54, 1.807) is 24.3 Å². The normalized spacial score (nSPS) is 11.6. The molecule has 0 heterocycles. The number of methoxy groups -OCH3 is 1. The van der Waals surface area contributed by atoms with Gasteiger partial charge in [-0.3, -0.25) is 4.79 Å². The molecule has 0 saturated carbocycles. The second kappa shape index (κ2) is 8.10. The van der Waals surface area contributed by atoms with Crippen molar-refractivity contribution in [2.24, 2.45) is 0 Å². The number of rotatable bonds is 6. The second-order valence-electron chi connectivity index (χ2n) is 5.26. The van der Waals surface area contributed by atoms with Crippen LogP contribution in [-0.4, -0.2) is 25.5 Å². The number of carbonyl (C=O) groups is 2. The number of hydrogen-bond acceptors (Lipinski definition) is 3. The first-order chi connectivity index (χ1) is 11.1. The molecule has 0 aromatic heterocycles. The monoisotopic (exact) mass is 313 g/mol. The van der Waals surface area contributed by atoms with Crippen LogP contribution < -0.4 is 10.6 Å². The van der Waals surface area contributed by atoms with E-state index >= 15 is 0 Å². The molecule has 0 aliphatic heterocycles. The van der Waals surface area contributed by atoms with Gasteiger partial charge in [0.15, 0.2) is 6.54 Å². The van der Waals surface area contributed by atoms with Crippen molar-refractivity contribution in [3.63, 3.8) is 0 Å². The smallest absolute Gasteiger partial charge is 0.337 e. The predicted octanol–water partition coefficient (Wildman–Crippen LogP) is 1.74. The summed E-state index contributed by atoms with van der Waals surface area (Å²) in [4.78, 5) is 23.3. The van der Waals surface area contributed by atoms with E-state index in [0.717, 1.165) is 0 Å². The Morgan fingerprint density at radius 3 is 2.35 bits per heavy atom. The maximum Gasteiger partial charge on any atom is 0.337 e. The summed E-state index contributed by atoms with van der Waals surface area (Å²) in [6.07, 6.45) is 0. The summed E-state index contributed by atoms with van der Waals surface area (Å²) in [6.45, 7) is 2.39. The van der Waals surface area contributed by atoms with Gasteiger partial charge in [-0.25, -0.2) is 4.79 Å². The van der Waals surface area contributed by atoms with E-state index in [0.29, 0.717) is 17.8 Å². The fourth-order valence-corrected chi connectivity index (χ4v) is 2.20. The fourth-order valence-electron chi connectivity index (χ4n) is 2.20. The third-order valence-corrected chi connectivity index (χ3v) is 3.57. The molecule has 1 amide bonds. The zero-order chi connectivity index (χ0) is 16.7. The number of ether oxygens (including phenoxy) is 1. The molecule has 2 aromatic carbocycles. The van der Waals surface area contributed by atoms with Crippen LogP contribution in [-0.2, 0) is 9.53 Å². The molecule has 0 fully saturated rings. The number of quaternary nitrogens is 1. The van der Waals surface area contributed by atoms with E-state index in [1.165, 1.54) is 12.7 Å². The summed E-state index contributed by atoms with van der Waals surface area (Å²) in [5.74, 6) is -0.480. The molecule has 23 heavy (non-hydrogen) atoms. The molecule has 5 nitrogen and oxygen atoms in total. The lowest BCUT2D eigenvalue weighted by atomic mass is 10.1. The van der Waals surface area contributed by atoms with E-state index in [1.807, 2.05) is 35.6 Å². The van der Waals surface area contributed by atoms with Gasteiger partial charge in [0, 0.05) is 11.3 Å². The Morgan fingerprint density at radius 2 is 1.74 bits per heavy atom. The van der Waals surface area contributed by atoms with Gasteiger partial charge >= 0.3 is 5.97 Å². The van der Waals surface area contributed by atoms with Gasteiger partial charge in [0.1, 0.15) is 6.04 Å². The highest BCUT2D eigenvalue weighted by molar-refractivity contribution is 5.93. The van der Waals surface area contributed by atoms with Crippen LogP contribution in [0.25, 0.3) is 0 Å². The molecule has 2 aromatic rings. The number of benzene rings is 2. The minimum atomic E-state index is -0.395. The topological polar surface area (TPSA) is 72.0 Å². The summed E-state index contributed by atoms with van der Waals surface area (Å²) in [7, 11) is 1.34. The van der Waals surface area contributed by atoms with Crippen molar-refractivity contribution < 1.29 is 19.6 Å². The van der Waals surface area contributed by atoms with E-state index in [2.05, 4.69) is 17.0 Å². The van der Waals surface area contributed by atoms with E-state index in [9.17, 15) is 9.59 Å². The SMILES string of the molecule is COC(=O)c1ccc(NC(=O)C[NH2+][C@@H](C)c2ccccc2)cc1. The van der Waals surface area contributed by atoms with Gasteiger partial charge in [-0.15, -0.1) is 0 Å². The minimum Gasteiger partial charge on any atom is -0.465 e. The molecular weight excluding hydrogens is 292 g/mol. The Kier molecular flexibility index (Phi) is 5.88. The van der Waals surface area contributed by atoms with E-state index < -0.39 is 5.97 Å². The van der Waals surface area contributed by atoms with Crippen LogP contribution in [0.3, 0.4) is 0 Å². The number of nitrogens with two attached hydrogens (primary N) is 1. The molecule has 0 spiro atoms. The van der Waals surface area contributed by atoms with Gasteiger partial charge in [-0.05, 0) is 31.2 Å². The summed E-state index contributed by atoms with van der Waals surface area (Å²) in [5, 5.41) is 4.79. The zero-order valence-electron chi connectivity index (χ0n) is 13.3. The van der Waals surface area contributed by atoms with Crippen LogP contribution in [0.1, 0.15) is 28.9 Å². The molecule has 0 radical (unpaired) electrons. The van der Waals surface area contributed by atoms with Gasteiger partial charge in [-0.1, -0.05) is 30.3 Å². The number of anilines is 1. The number of hydrogen-bond donors (Lipinski definition) is 2. The number of carbonyl (C=O) groups excluding carboxylic acids is 2. The van der Waals surface area contributed by atoms with E-state index in [4.69, 9.17) is 0 Å². The van der Waals surface area contributed by atoms with Crippen LogP contribution in [0, 0.1) is 0 Å². The summed E-state index contributed by atoms with van der Waals surface area (Å²) >= 11 is 0. The van der Waals surface area contributed by atoms with Crippen LogP contribution in [0.15, 0.2) is 54.6 Å². The molecule has 2 rings (SSSR count). The molecule has 120 valence electrons. The highest BCUT2D eigenvalue weighted by atomic mass is 16.5. The first kappa shape index (κ1) is 16.7. The van der Waals surface area contributed by atoms with Gasteiger partial charge in [-0.2, -0.15) is 0 Å². The number of esters is 1. The standard InChI is InChI=1S/C18H20N2O3/c1-13(14-6-4-3-5-7-14)19-12-17(21)20-16-10-8-15(9-11-16)18(22)23-2/h3-11,13,19H,12H2,1-2H3,(H,20,21)/p+1/t13-/m0/s1. The second-order valence-corrected chi connectivity index (χ2v) is 5.26. The van der Waals surface area contributed by atoms with Crippen LogP contribution in [0.5, 0.6) is 0 Å². The van der Waals surface area contributed by atoms with Crippen molar-refractivity contribution in [1.82, 2.24) is 0 Å². The van der Waals surface area contributed by atoms with Gasteiger partial charge in [0.25, 0.3) is 5.91 Å². The van der Waals surface area contributed by atoms with Crippen LogP contribution in [0.4, 0.5) is 5.69 Å². The van der Waals surface area contributed by atoms with Crippen molar-refractivity contribution >= 4 is 17.6 Å². The molecule has 0 unspecified atom stereocenters. The molecule has 0 bridgehead atoms. The largest absolute Gasteiger partial charge is 0.465 e. The Balaban J connectivity index is 1.84. The Morgan fingerprint density at radius 1 is 1.09 bits per heavy atom. The highest BCUT2D eigenvalue weighted by Crippen LogP contribution is 2.10. The Hall–Kier alpha value is -2.66. The Labute approximate surface area is 135 Å². The average Bonchev–Trinajstić information content (AvgIpc) is 2.60. The fraction of sp³-hybridized carbons (Fsp3) is 0.222. The van der Waals surface area contributed by atoms with Crippen molar-refractivity contribution in [2.45, 2.75) is 13.0 Å². The lowest BCUT2D eigenvalue weighted by molar-refractivity contribution is -0.682. The van der Waals surface area contributed by atoms with Gasteiger partial charge in [0.05, 0.1) is 12.7 Å². The van der Waals surface area contributed by atoms with Gasteiger partial charge < -0.3 is 15.4 Å². The first-order valence-electron chi connectivity index (χ1n) is 7.46. The van der Waals surface area contributed by atoms with Crippen LogP contribution >= 0.6 is 0 Å². The average molecular weight is 313 g/mol. The molecule has 0 aliphatic carbocycles. The van der Waals surface area contributed by atoms with Crippen molar-refractivity contribution in [3.8, 4) is 0 Å². The Bertz CT molecular complexity index is 654. The maximum atomic E-state index is 12.0. The zero-order valence-corrected chi connectivity index (χ0v) is 13.3. The molecule has 0 saturated heterocycles. The molecule has 5 heteroatoms. The summed E-state index contributed by atoms with van der Waals surface area (Å²) < 4.78 is 4.63. The van der Waals surface area contributed by atoms with Crippen molar-refractivity contribution in [2.75, 3.05) is 19.0 Å². The molecule has 0 aliphatic rings. The predicted molar refractivity (Wildman–Crippen MR) is 88.1 cm³/mol. The minimum absolute atomic E-state index is 0.0846. The van der Waals surface area contributed by atoms with Gasteiger partial charge in [0.2, 0.25) is 0 Å². The van der Waals surface area contributed by atoms with Crippen molar-refractivity contribution in [3.05, 3.63) is 65.7 Å². The third kappa shape index (κ3) is 4.93. The van der Waals surface area contributed by atoms with Crippen molar-refractivity contribution in [1.29, 1.82) is 0 Å². The summed E-state index contributed by atoms with van der Waals surface area (Å²) in [5.41, 5.74) is 2.29. The molecular formula is C18H21N2O3+. The van der Waals surface area contributed by atoms with E-state index in [-0.39, 0.29) is 11.9 Å². The number of amides is 1. The van der Waals surface area contributed by atoms with Crippen LogP contribution in [0.2, 0.25) is 0 Å². The maximum absolute atomic E-state index is 12.0. The lowest BCUT2D eigenvalue weighted by Crippen LogP contribution is -2.86. The molecule has 3 N–H and O–H groups in total. The quantitative estimate of drug-likeness (QED) is 0.798. The number of nitrogens with one attached hydrogen (secondary N) is 1. The lowest BCUT2D eigenvalue weighted by Gasteiger charge is -2.11. The highest BCUT2D eigenvalue weighted by Gasteiger charge is 2.11. The summed E-state index contributed by atoms with van der Waals surface area (Å²) in [6, 6.07) is 16.9. The molecule has 1 atom stereocenters. The first-order valence-corrected chi connectivity index (χ1v) is 7.46. The third-order valence-electron chi connectivity index (χ3n) is 3.57.